The van der Waals surface area contributed by atoms with Crippen LogP contribution in [0.15, 0.2) is 52.7 Å². The van der Waals surface area contributed by atoms with E-state index < -0.39 is 45.5 Å². The molecule has 172 valence electrons. The van der Waals surface area contributed by atoms with Crippen LogP contribution in [-0.4, -0.2) is 28.9 Å². The fourth-order valence-electron chi connectivity index (χ4n) is 3.12. The lowest BCUT2D eigenvalue weighted by atomic mass is 9.98. The maximum atomic E-state index is 14.6. The predicted octanol–water partition coefficient (Wildman–Crippen LogP) is 6.47. The minimum absolute atomic E-state index is 0.110. The van der Waals surface area contributed by atoms with E-state index in [0.717, 1.165) is 18.2 Å². The molecule has 2 aromatic carbocycles. The zero-order valence-electron chi connectivity index (χ0n) is 17.2. The third kappa shape index (κ3) is 4.98. The molecule has 0 saturated carbocycles. The summed E-state index contributed by atoms with van der Waals surface area (Å²) < 4.78 is 75.1. The largest absolute Gasteiger partial charge is 0.432 e. The van der Waals surface area contributed by atoms with E-state index in [9.17, 15) is 26.7 Å². The van der Waals surface area contributed by atoms with Crippen molar-refractivity contribution in [1.82, 2.24) is 5.16 Å². The number of thioether (sulfide) groups is 1. The van der Waals surface area contributed by atoms with Crippen molar-refractivity contribution in [3.05, 3.63) is 76.7 Å². The molecule has 2 N–H and O–H groups in total. The van der Waals surface area contributed by atoms with Crippen molar-refractivity contribution >= 4 is 34.4 Å². The molecule has 0 atom stereocenters. The molecular weight excluding hydrogens is 465 g/mol. The first-order valence-corrected chi connectivity index (χ1v) is 10.5. The van der Waals surface area contributed by atoms with Crippen molar-refractivity contribution in [2.45, 2.75) is 13.1 Å². The highest BCUT2D eigenvalue weighted by molar-refractivity contribution is 8.13. The summed E-state index contributed by atoms with van der Waals surface area (Å²) in [5.74, 6) is -2.20. The average molecular weight is 481 g/mol. The van der Waals surface area contributed by atoms with Crippen LogP contribution in [0.1, 0.15) is 21.7 Å². The van der Waals surface area contributed by atoms with Gasteiger partial charge in [0.25, 0.3) is 0 Å². The number of rotatable bonds is 6. The molecule has 0 radical (unpaired) electrons. The molecule has 1 heterocycles. The summed E-state index contributed by atoms with van der Waals surface area (Å²) in [7, 11) is 0. The van der Waals surface area contributed by atoms with Crippen LogP contribution in [-0.2, 0) is 0 Å². The van der Waals surface area contributed by atoms with Crippen molar-refractivity contribution in [2.75, 3.05) is 11.6 Å². The van der Waals surface area contributed by atoms with Gasteiger partial charge >= 0.3 is 6.18 Å². The van der Waals surface area contributed by atoms with Gasteiger partial charge in [-0.05, 0) is 43.0 Å². The molecule has 0 bridgehead atoms. The van der Waals surface area contributed by atoms with Crippen molar-refractivity contribution in [2.24, 2.45) is 0 Å². The number of nitrogens with one attached hydrogen (secondary N) is 2. The molecule has 0 aliphatic heterocycles. The monoisotopic (exact) mass is 481 g/mol. The van der Waals surface area contributed by atoms with Gasteiger partial charge in [-0.3, -0.25) is 4.79 Å². The van der Waals surface area contributed by atoms with Crippen LogP contribution in [0.2, 0.25) is 0 Å². The Bertz CT molecular complexity index is 1230. The second kappa shape index (κ2) is 9.57. The van der Waals surface area contributed by atoms with Crippen LogP contribution in [0.25, 0.3) is 16.8 Å². The van der Waals surface area contributed by atoms with E-state index >= 15 is 0 Å². The lowest BCUT2D eigenvalue weighted by Crippen LogP contribution is -2.22. The van der Waals surface area contributed by atoms with Crippen LogP contribution in [0.4, 0.5) is 27.6 Å². The van der Waals surface area contributed by atoms with Crippen molar-refractivity contribution in [3.63, 3.8) is 0 Å². The third-order valence-corrected chi connectivity index (χ3v) is 5.15. The molecular formula is C22H16F5N3O2S. The van der Waals surface area contributed by atoms with Crippen molar-refractivity contribution in [3.8, 4) is 11.3 Å². The summed E-state index contributed by atoms with van der Waals surface area (Å²) in [6, 6.07) is 8.36. The summed E-state index contributed by atoms with van der Waals surface area (Å²) in [6.45, 7) is 1.54. The minimum Gasteiger partial charge on any atom is -0.355 e. The normalized spacial score (nSPS) is 12.3. The van der Waals surface area contributed by atoms with E-state index in [1.807, 2.05) is 5.32 Å². The number of alkyl halides is 3. The highest BCUT2D eigenvalue weighted by atomic mass is 32.2. The van der Waals surface area contributed by atoms with Gasteiger partial charge in [0.15, 0.2) is 5.76 Å². The van der Waals surface area contributed by atoms with Gasteiger partial charge in [0, 0.05) is 17.5 Å². The number of allylic oxidation sites excluding steroid dienone is 2. The van der Waals surface area contributed by atoms with Crippen molar-refractivity contribution < 1.29 is 31.3 Å². The smallest absolute Gasteiger partial charge is 0.355 e. The Labute approximate surface area is 189 Å². The van der Waals surface area contributed by atoms with Crippen LogP contribution in [0.5, 0.6) is 0 Å². The topological polar surface area (TPSA) is 79.0 Å². The number of benzene rings is 2. The summed E-state index contributed by atoms with van der Waals surface area (Å²) in [6.07, 6.45) is -3.33. The molecule has 0 aliphatic carbocycles. The molecule has 3 aromatic rings. The Morgan fingerprint density at radius 2 is 1.88 bits per heavy atom. The lowest BCUT2D eigenvalue weighted by Gasteiger charge is -2.17. The maximum absolute atomic E-state index is 14.6. The fourth-order valence-corrected chi connectivity index (χ4v) is 3.51. The maximum Gasteiger partial charge on any atom is 0.432 e. The molecule has 0 aliphatic rings. The number of aryl methyl sites for hydroxylation is 1. The number of carbonyl (C=O) groups excluding carboxylic acids is 1. The first-order valence-electron chi connectivity index (χ1n) is 9.26. The van der Waals surface area contributed by atoms with Crippen LogP contribution in [0, 0.1) is 24.0 Å². The van der Waals surface area contributed by atoms with E-state index in [-0.39, 0.29) is 16.9 Å². The SMILES string of the molecule is CSC(=O)c1c(-c2c(C)cccc2F)noc1/C(C=N)=C(/Nc1cccc(F)c1)C(F)(F)F. The summed E-state index contributed by atoms with van der Waals surface area (Å²) in [5.41, 5.74) is -3.03. The van der Waals surface area contributed by atoms with Gasteiger partial charge in [-0.25, -0.2) is 8.78 Å². The van der Waals surface area contributed by atoms with Gasteiger partial charge in [0.1, 0.15) is 28.6 Å². The second-order valence-corrected chi connectivity index (χ2v) is 7.50. The molecule has 1 aromatic heterocycles. The zero-order chi connectivity index (χ0) is 24.3. The minimum atomic E-state index is -5.06. The first-order chi connectivity index (χ1) is 15.6. The van der Waals surface area contributed by atoms with Crippen LogP contribution >= 0.6 is 11.8 Å². The second-order valence-electron chi connectivity index (χ2n) is 6.72. The van der Waals surface area contributed by atoms with Gasteiger partial charge in [-0.15, -0.1) is 0 Å². The number of hydrogen-bond donors (Lipinski definition) is 2. The zero-order valence-corrected chi connectivity index (χ0v) is 18.0. The van der Waals surface area contributed by atoms with Gasteiger partial charge in [-0.2, -0.15) is 13.2 Å². The highest BCUT2D eigenvalue weighted by Gasteiger charge is 2.39. The van der Waals surface area contributed by atoms with Gasteiger partial charge in [-0.1, -0.05) is 35.1 Å². The van der Waals surface area contributed by atoms with Crippen LogP contribution in [0.3, 0.4) is 0 Å². The molecule has 0 saturated heterocycles. The molecule has 0 fully saturated rings. The quantitative estimate of drug-likeness (QED) is 0.312. The lowest BCUT2D eigenvalue weighted by molar-refractivity contribution is -0.0896. The van der Waals surface area contributed by atoms with Crippen LogP contribution < -0.4 is 5.32 Å². The third-order valence-electron chi connectivity index (χ3n) is 4.58. The number of halogens is 5. The Balaban J connectivity index is 2.31. The number of carbonyl (C=O) groups is 1. The van der Waals surface area contributed by atoms with Crippen molar-refractivity contribution in [1.29, 1.82) is 5.41 Å². The Kier molecular flexibility index (Phi) is 7.01. The molecule has 0 amide bonds. The molecule has 11 heteroatoms. The number of hydrogen-bond acceptors (Lipinski definition) is 6. The number of nitrogens with zero attached hydrogens (tertiary/aromatic N) is 1. The Morgan fingerprint density at radius 1 is 1.18 bits per heavy atom. The molecule has 0 spiro atoms. The average Bonchev–Trinajstić information content (AvgIpc) is 3.16. The van der Waals surface area contributed by atoms with E-state index in [4.69, 9.17) is 9.93 Å². The molecule has 5 nitrogen and oxygen atoms in total. The highest BCUT2D eigenvalue weighted by Crippen LogP contribution is 2.39. The molecule has 3 rings (SSSR count). The van der Waals surface area contributed by atoms with E-state index in [1.165, 1.54) is 24.5 Å². The number of anilines is 1. The summed E-state index contributed by atoms with van der Waals surface area (Å²) in [4.78, 5) is 12.7. The van der Waals surface area contributed by atoms with E-state index in [0.29, 0.717) is 23.5 Å². The van der Waals surface area contributed by atoms with E-state index in [1.54, 1.807) is 13.0 Å². The van der Waals surface area contributed by atoms with Gasteiger partial charge in [0.05, 0.1) is 5.57 Å². The standard InChI is InChI=1S/C22H16F5N3O2S/c1-11-5-3-8-15(24)16(11)18-17(21(31)33-2)19(32-30-18)14(10-28)20(22(25,26)27)29-13-7-4-6-12(23)9-13/h3-10,28-29H,1-2H3/b20-14+,28-10?. The first kappa shape index (κ1) is 24.2. The molecule has 33 heavy (non-hydrogen) atoms. The summed E-state index contributed by atoms with van der Waals surface area (Å²) >= 11 is 0.660. The Hall–Kier alpha value is -3.47. The molecule has 0 unspecified atom stereocenters. The predicted molar refractivity (Wildman–Crippen MR) is 116 cm³/mol. The number of aromatic nitrogens is 1. The van der Waals surface area contributed by atoms with E-state index in [2.05, 4.69) is 5.16 Å². The fraction of sp³-hybridized carbons (Fsp3) is 0.136. The van der Waals surface area contributed by atoms with Gasteiger partial charge < -0.3 is 15.2 Å². The Morgan fingerprint density at radius 3 is 2.45 bits per heavy atom. The summed E-state index contributed by atoms with van der Waals surface area (Å²) in [5, 5.41) is 12.6. The van der Waals surface area contributed by atoms with Gasteiger partial charge in [0.2, 0.25) is 5.12 Å².